The molecule has 3 heterocycles. The predicted octanol–water partition coefficient (Wildman–Crippen LogP) is 2.34. The Morgan fingerprint density at radius 1 is 1.32 bits per heavy atom. The molecule has 0 radical (unpaired) electrons. The van der Waals surface area contributed by atoms with Crippen molar-refractivity contribution in [3.8, 4) is 0 Å². The fraction of sp³-hybridized carbons (Fsp3) is 0.526. The van der Waals surface area contributed by atoms with Gasteiger partial charge in [-0.05, 0) is 38.2 Å². The number of aromatic amines is 1. The number of carbonyl (C=O) groups excluding carboxylic acids is 1. The van der Waals surface area contributed by atoms with Crippen LogP contribution in [0.5, 0.6) is 0 Å². The van der Waals surface area contributed by atoms with E-state index in [0.29, 0.717) is 18.9 Å². The van der Waals surface area contributed by atoms with Crippen molar-refractivity contribution in [1.82, 2.24) is 20.1 Å². The molecule has 2 fully saturated rings. The molecule has 6 heteroatoms. The first kappa shape index (κ1) is 16.3. The molecule has 1 amide bonds. The van der Waals surface area contributed by atoms with Crippen molar-refractivity contribution in [1.29, 1.82) is 0 Å². The largest absolute Gasteiger partial charge is 0.365 e. The van der Waals surface area contributed by atoms with E-state index >= 15 is 0 Å². The number of aryl methyl sites for hydroxylation is 2. The minimum atomic E-state index is -0.0490. The van der Waals surface area contributed by atoms with Gasteiger partial charge in [0.15, 0.2) is 5.82 Å². The lowest BCUT2D eigenvalue weighted by atomic mass is 9.91. The standard InChI is InChI=1S/C19H24N4O2/c1-12-3-5-14(6-4-12)9-18(24)23-8-7-15-10-16(25-17(15)11-23)19-20-13(2)21-22-19/h3-6,15-17H,7-11H2,1-2H3,(H,20,21,22)/t15-,16-,17+/m1/s1. The molecule has 1 aromatic heterocycles. The lowest BCUT2D eigenvalue weighted by Crippen LogP contribution is -2.45. The molecule has 0 saturated carbocycles. The molecule has 3 atom stereocenters. The number of hydrogen-bond acceptors (Lipinski definition) is 4. The fourth-order valence-corrected chi connectivity index (χ4v) is 3.82. The highest BCUT2D eigenvalue weighted by molar-refractivity contribution is 5.79. The van der Waals surface area contributed by atoms with Gasteiger partial charge in [0.2, 0.25) is 5.91 Å². The van der Waals surface area contributed by atoms with Crippen LogP contribution in [-0.2, 0) is 16.0 Å². The number of ether oxygens (including phenoxy) is 1. The first-order chi connectivity index (χ1) is 12.1. The highest BCUT2D eigenvalue weighted by Gasteiger charge is 2.41. The quantitative estimate of drug-likeness (QED) is 0.931. The van der Waals surface area contributed by atoms with E-state index in [1.807, 2.05) is 24.0 Å². The Kier molecular flexibility index (Phi) is 4.29. The minimum Gasteiger partial charge on any atom is -0.365 e. The van der Waals surface area contributed by atoms with Crippen molar-refractivity contribution in [3.05, 3.63) is 47.0 Å². The number of benzene rings is 1. The number of amides is 1. The SMILES string of the molecule is Cc1ccc(CC(=O)N2CC[C@@H]3C[C@H](c4n[nH]c(C)n4)O[C@H]3C2)cc1. The molecule has 0 aliphatic carbocycles. The highest BCUT2D eigenvalue weighted by Crippen LogP contribution is 2.39. The molecule has 2 saturated heterocycles. The van der Waals surface area contributed by atoms with Gasteiger partial charge in [-0.3, -0.25) is 9.89 Å². The van der Waals surface area contributed by atoms with Crippen molar-refractivity contribution >= 4 is 5.91 Å². The van der Waals surface area contributed by atoms with E-state index in [-0.39, 0.29) is 18.1 Å². The molecule has 2 aliphatic heterocycles. The van der Waals surface area contributed by atoms with Crippen LogP contribution in [0.1, 0.15) is 41.7 Å². The second kappa shape index (κ2) is 6.59. The van der Waals surface area contributed by atoms with Crippen LogP contribution in [0.2, 0.25) is 0 Å². The summed E-state index contributed by atoms with van der Waals surface area (Å²) < 4.78 is 6.17. The van der Waals surface area contributed by atoms with Crippen molar-refractivity contribution in [2.75, 3.05) is 13.1 Å². The van der Waals surface area contributed by atoms with E-state index in [1.54, 1.807) is 0 Å². The monoisotopic (exact) mass is 340 g/mol. The number of fused-ring (bicyclic) bond motifs is 1. The topological polar surface area (TPSA) is 71.1 Å². The van der Waals surface area contributed by atoms with Crippen LogP contribution in [0.15, 0.2) is 24.3 Å². The Labute approximate surface area is 147 Å². The number of piperidine rings is 1. The Bertz CT molecular complexity index is 755. The summed E-state index contributed by atoms with van der Waals surface area (Å²) in [6.07, 6.45) is 2.44. The van der Waals surface area contributed by atoms with Crippen LogP contribution in [0.25, 0.3) is 0 Å². The summed E-state index contributed by atoms with van der Waals surface area (Å²) in [5, 5.41) is 7.11. The lowest BCUT2D eigenvalue weighted by molar-refractivity contribution is -0.135. The second-order valence-electron chi connectivity index (χ2n) is 7.23. The van der Waals surface area contributed by atoms with Crippen molar-refractivity contribution in [2.45, 2.75) is 45.3 Å². The van der Waals surface area contributed by atoms with Crippen LogP contribution in [0.3, 0.4) is 0 Å². The van der Waals surface area contributed by atoms with Gasteiger partial charge < -0.3 is 9.64 Å². The molecule has 0 unspecified atom stereocenters. The van der Waals surface area contributed by atoms with Gasteiger partial charge in [0.1, 0.15) is 11.9 Å². The van der Waals surface area contributed by atoms with Gasteiger partial charge in [-0.15, -0.1) is 0 Å². The molecular weight excluding hydrogens is 316 g/mol. The summed E-state index contributed by atoms with van der Waals surface area (Å²) >= 11 is 0. The Hall–Kier alpha value is -2.21. The average molecular weight is 340 g/mol. The minimum absolute atomic E-state index is 0.0490. The van der Waals surface area contributed by atoms with Gasteiger partial charge in [0, 0.05) is 13.1 Å². The van der Waals surface area contributed by atoms with Gasteiger partial charge in [-0.2, -0.15) is 5.10 Å². The second-order valence-corrected chi connectivity index (χ2v) is 7.23. The van der Waals surface area contributed by atoms with Crippen LogP contribution < -0.4 is 0 Å². The molecule has 132 valence electrons. The number of nitrogens with zero attached hydrogens (tertiary/aromatic N) is 3. The third kappa shape index (κ3) is 3.44. The molecule has 1 N–H and O–H groups in total. The van der Waals surface area contributed by atoms with Crippen LogP contribution in [0, 0.1) is 19.8 Å². The summed E-state index contributed by atoms with van der Waals surface area (Å²) in [6.45, 7) is 5.44. The summed E-state index contributed by atoms with van der Waals surface area (Å²) in [7, 11) is 0. The Balaban J connectivity index is 1.37. The van der Waals surface area contributed by atoms with Gasteiger partial charge >= 0.3 is 0 Å². The summed E-state index contributed by atoms with van der Waals surface area (Å²) in [5.74, 6) is 2.23. The zero-order chi connectivity index (χ0) is 17.4. The number of H-pyrrole nitrogens is 1. The first-order valence-electron chi connectivity index (χ1n) is 8.96. The highest BCUT2D eigenvalue weighted by atomic mass is 16.5. The van der Waals surface area contributed by atoms with Crippen LogP contribution in [0.4, 0.5) is 0 Å². The predicted molar refractivity (Wildman–Crippen MR) is 92.9 cm³/mol. The molecule has 2 aliphatic rings. The summed E-state index contributed by atoms with van der Waals surface area (Å²) in [5.41, 5.74) is 2.28. The number of aromatic nitrogens is 3. The third-order valence-electron chi connectivity index (χ3n) is 5.28. The number of rotatable bonds is 3. The molecule has 1 aromatic carbocycles. The number of likely N-dealkylation sites (tertiary alicyclic amines) is 1. The van der Waals surface area contributed by atoms with Crippen molar-refractivity contribution in [3.63, 3.8) is 0 Å². The number of hydrogen-bond donors (Lipinski definition) is 1. The maximum absolute atomic E-state index is 12.6. The molecule has 0 bridgehead atoms. The zero-order valence-corrected chi connectivity index (χ0v) is 14.7. The maximum atomic E-state index is 12.6. The smallest absolute Gasteiger partial charge is 0.227 e. The van der Waals surface area contributed by atoms with Gasteiger partial charge in [-0.1, -0.05) is 29.8 Å². The van der Waals surface area contributed by atoms with Gasteiger partial charge in [-0.25, -0.2) is 4.98 Å². The molecule has 25 heavy (non-hydrogen) atoms. The number of carbonyl (C=O) groups is 1. The van der Waals surface area contributed by atoms with E-state index in [9.17, 15) is 4.79 Å². The summed E-state index contributed by atoms with van der Waals surface area (Å²) in [4.78, 5) is 19.0. The van der Waals surface area contributed by atoms with Crippen LogP contribution in [-0.4, -0.2) is 45.2 Å². The Morgan fingerprint density at radius 2 is 2.12 bits per heavy atom. The van der Waals surface area contributed by atoms with Gasteiger partial charge in [0.05, 0.1) is 12.5 Å². The number of nitrogens with one attached hydrogen (secondary N) is 1. The molecular formula is C19H24N4O2. The summed E-state index contributed by atoms with van der Waals surface area (Å²) in [6, 6.07) is 8.18. The van der Waals surface area contributed by atoms with Crippen LogP contribution >= 0.6 is 0 Å². The van der Waals surface area contributed by atoms with Crippen molar-refractivity contribution < 1.29 is 9.53 Å². The first-order valence-corrected chi connectivity index (χ1v) is 8.96. The van der Waals surface area contributed by atoms with E-state index in [2.05, 4.69) is 34.2 Å². The third-order valence-corrected chi connectivity index (χ3v) is 5.28. The van der Waals surface area contributed by atoms with E-state index in [0.717, 1.165) is 36.6 Å². The molecule has 0 spiro atoms. The van der Waals surface area contributed by atoms with Crippen molar-refractivity contribution in [2.24, 2.45) is 5.92 Å². The zero-order valence-electron chi connectivity index (χ0n) is 14.7. The fourth-order valence-electron chi connectivity index (χ4n) is 3.82. The normalized spacial score (nSPS) is 25.8. The maximum Gasteiger partial charge on any atom is 0.227 e. The lowest BCUT2D eigenvalue weighted by Gasteiger charge is -2.34. The molecule has 6 nitrogen and oxygen atoms in total. The van der Waals surface area contributed by atoms with E-state index < -0.39 is 0 Å². The van der Waals surface area contributed by atoms with Gasteiger partial charge in [0.25, 0.3) is 0 Å². The van der Waals surface area contributed by atoms with E-state index in [1.165, 1.54) is 5.56 Å². The molecule has 2 aromatic rings. The van der Waals surface area contributed by atoms with E-state index in [4.69, 9.17) is 4.74 Å². The average Bonchev–Trinajstić information content (AvgIpc) is 3.22. The Morgan fingerprint density at radius 3 is 2.84 bits per heavy atom. The molecule has 4 rings (SSSR count).